The van der Waals surface area contributed by atoms with Gasteiger partial charge in [-0.15, -0.1) is 0 Å². The van der Waals surface area contributed by atoms with Gasteiger partial charge in [-0.3, -0.25) is 14.8 Å². The van der Waals surface area contributed by atoms with E-state index in [1.165, 1.54) is 0 Å². The zero-order valence-electron chi connectivity index (χ0n) is 15.1. The molecule has 0 aliphatic carbocycles. The van der Waals surface area contributed by atoms with Crippen molar-refractivity contribution in [3.05, 3.63) is 71.4 Å². The monoisotopic (exact) mass is 392 g/mol. The number of benzene rings is 1. The molecule has 4 rings (SSSR count). The molecule has 0 unspecified atom stereocenters. The number of hydrogen-bond donors (Lipinski definition) is 1. The molecule has 140 valence electrons. The summed E-state index contributed by atoms with van der Waals surface area (Å²) in [4.78, 5) is 29.7. The van der Waals surface area contributed by atoms with E-state index in [9.17, 15) is 4.79 Å². The predicted octanol–water partition coefficient (Wildman–Crippen LogP) is 3.05. The highest BCUT2D eigenvalue weighted by Gasteiger charge is 2.15. The molecule has 0 aliphatic heterocycles. The van der Waals surface area contributed by atoms with E-state index in [0.717, 1.165) is 11.3 Å². The lowest BCUT2D eigenvalue weighted by molar-refractivity contribution is 0.0954. The number of fused-ring (bicyclic) bond motifs is 1. The Labute approximate surface area is 166 Å². The maximum absolute atomic E-state index is 12.5. The summed E-state index contributed by atoms with van der Waals surface area (Å²) >= 11 is 6.30. The number of aryl methyl sites for hydroxylation is 1. The van der Waals surface area contributed by atoms with Crippen LogP contribution in [-0.2, 0) is 13.5 Å². The number of rotatable bonds is 5. The van der Waals surface area contributed by atoms with E-state index < -0.39 is 0 Å². The Balaban J connectivity index is 1.54. The second kappa shape index (κ2) is 7.74. The second-order valence-corrected chi connectivity index (χ2v) is 6.65. The van der Waals surface area contributed by atoms with Gasteiger partial charge in [0.25, 0.3) is 5.91 Å². The fourth-order valence-electron chi connectivity index (χ4n) is 2.95. The second-order valence-electron chi connectivity index (χ2n) is 6.24. The number of amides is 1. The number of nitrogens with one attached hydrogen (secondary N) is 1. The minimum absolute atomic E-state index is 0.205. The highest BCUT2D eigenvalue weighted by molar-refractivity contribution is 6.33. The average molecular weight is 393 g/mol. The van der Waals surface area contributed by atoms with Gasteiger partial charge in [0.05, 0.1) is 16.3 Å². The quantitative estimate of drug-likeness (QED) is 0.564. The van der Waals surface area contributed by atoms with Crippen molar-refractivity contribution in [1.82, 2.24) is 29.8 Å². The summed E-state index contributed by atoms with van der Waals surface area (Å²) in [6, 6.07) is 9.24. The molecule has 3 heterocycles. The van der Waals surface area contributed by atoms with Gasteiger partial charge < -0.3 is 9.88 Å². The van der Waals surface area contributed by atoms with Crippen LogP contribution in [0.1, 0.15) is 16.1 Å². The number of imidazole rings is 1. The van der Waals surface area contributed by atoms with Gasteiger partial charge in [0, 0.05) is 50.4 Å². The number of pyridine rings is 1. The highest BCUT2D eigenvalue weighted by atomic mass is 35.5. The fraction of sp³-hybridized carbons (Fsp3) is 0.150. The molecule has 28 heavy (non-hydrogen) atoms. The van der Waals surface area contributed by atoms with Crippen LogP contribution in [-0.4, -0.2) is 37.0 Å². The average Bonchev–Trinajstić information content (AvgIpc) is 3.05. The van der Waals surface area contributed by atoms with E-state index in [0.29, 0.717) is 40.5 Å². The summed E-state index contributed by atoms with van der Waals surface area (Å²) in [5.41, 5.74) is 3.42. The Morgan fingerprint density at radius 1 is 1.18 bits per heavy atom. The molecular weight excluding hydrogens is 376 g/mol. The van der Waals surface area contributed by atoms with Crippen LogP contribution in [0.3, 0.4) is 0 Å². The molecule has 0 fully saturated rings. The first-order valence-electron chi connectivity index (χ1n) is 8.74. The van der Waals surface area contributed by atoms with Gasteiger partial charge in [0.2, 0.25) is 0 Å². The smallest absolute Gasteiger partial charge is 0.252 e. The first kappa shape index (κ1) is 18.1. The van der Waals surface area contributed by atoms with Gasteiger partial charge in [-0.2, -0.15) is 0 Å². The van der Waals surface area contributed by atoms with E-state index in [1.54, 1.807) is 30.9 Å². The van der Waals surface area contributed by atoms with Crippen molar-refractivity contribution in [1.29, 1.82) is 0 Å². The Kier molecular flexibility index (Phi) is 4.99. The summed E-state index contributed by atoms with van der Waals surface area (Å²) in [5, 5.41) is 3.49. The zero-order valence-corrected chi connectivity index (χ0v) is 15.9. The van der Waals surface area contributed by atoms with Crippen LogP contribution in [0.5, 0.6) is 0 Å². The van der Waals surface area contributed by atoms with Gasteiger partial charge in [-0.1, -0.05) is 23.7 Å². The SMILES string of the molecule is Cn1c(-c2ccccc2Cl)nc2cc(C(=O)NCCc3cnccn3)cnc21. The lowest BCUT2D eigenvalue weighted by Gasteiger charge is -2.05. The Morgan fingerprint density at radius 3 is 2.82 bits per heavy atom. The molecule has 1 aromatic carbocycles. The van der Waals surface area contributed by atoms with Crippen LogP contribution in [0.4, 0.5) is 0 Å². The Hall–Kier alpha value is -3.32. The van der Waals surface area contributed by atoms with Gasteiger partial charge >= 0.3 is 0 Å². The molecule has 0 saturated heterocycles. The maximum Gasteiger partial charge on any atom is 0.252 e. The van der Waals surface area contributed by atoms with E-state index in [1.807, 2.05) is 35.9 Å². The normalized spacial score (nSPS) is 10.9. The number of nitrogens with zero attached hydrogens (tertiary/aromatic N) is 5. The van der Waals surface area contributed by atoms with Gasteiger partial charge in [-0.25, -0.2) is 9.97 Å². The van der Waals surface area contributed by atoms with Crippen LogP contribution in [0.2, 0.25) is 5.02 Å². The Bertz CT molecular complexity index is 1140. The van der Waals surface area contributed by atoms with Gasteiger partial charge in [0.1, 0.15) is 11.3 Å². The zero-order chi connectivity index (χ0) is 19.5. The number of aromatic nitrogens is 5. The molecule has 0 saturated carbocycles. The first-order chi connectivity index (χ1) is 13.6. The van der Waals surface area contributed by atoms with Crippen molar-refractivity contribution >= 4 is 28.7 Å². The fourth-order valence-corrected chi connectivity index (χ4v) is 3.17. The lowest BCUT2D eigenvalue weighted by atomic mass is 10.2. The predicted molar refractivity (Wildman–Crippen MR) is 107 cm³/mol. The van der Waals surface area contributed by atoms with E-state index in [2.05, 4.69) is 25.3 Å². The third-order valence-corrected chi connectivity index (χ3v) is 4.70. The van der Waals surface area contributed by atoms with Crippen molar-refractivity contribution < 1.29 is 4.79 Å². The van der Waals surface area contributed by atoms with Crippen molar-refractivity contribution in [2.75, 3.05) is 6.54 Å². The molecule has 4 aromatic rings. The minimum Gasteiger partial charge on any atom is -0.352 e. The maximum atomic E-state index is 12.5. The molecule has 3 aromatic heterocycles. The van der Waals surface area contributed by atoms with Crippen molar-refractivity contribution in [2.24, 2.45) is 7.05 Å². The van der Waals surface area contributed by atoms with Crippen LogP contribution in [0, 0.1) is 0 Å². The van der Waals surface area contributed by atoms with Crippen molar-refractivity contribution in [2.45, 2.75) is 6.42 Å². The van der Waals surface area contributed by atoms with Crippen LogP contribution in [0.25, 0.3) is 22.6 Å². The largest absolute Gasteiger partial charge is 0.352 e. The summed E-state index contributed by atoms with van der Waals surface area (Å²) in [7, 11) is 1.88. The van der Waals surface area contributed by atoms with E-state index >= 15 is 0 Å². The highest BCUT2D eigenvalue weighted by Crippen LogP contribution is 2.28. The first-order valence-corrected chi connectivity index (χ1v) is 9.12. The molecule has 1 N–H and O–H groups in total. The number of halogens is 1. The summed E-state index contributed by atoms with van der Waals surface area (Å²) < 4.78 is 1.87. The van der Waals surface area contributed by atoms with Crippen molar-refractivity contribution in [3.8, 4) is 11.4 Å². The van der Waals surface area contributed by atoms with E-state index in [4.69, 9.17) is 11.6 Å². The minimum atomic E-state index is -0.205. The molecule has 0 aliphatic rings. The molecular formula is C20H17ClN6O. The lowest BCUT2D eigenvalue weighted by Crippen LogP contribution is -2.26. The molecule has 0 radical (unpaired) electrons. The Morgan fingerprint density at radius 2 is 2.04 bits per heavy atom. The molecule has 0 bridgehead atoms. The summed E-state index contributed by atoms with van der Waals surface area (Å²) in [6.07, 6.45) is 7.09. The van der Waals surface area contributed by atoms with Crippen molar-refractivity contribution in [3.63, 3.8) is 0 Å². The van der Waals surface area contributed by atoms with Crippen LogP contribution < -0.4 is 5.32 Å². The molecule has 8 heteroatoms. The topological polar surface area (TPSA) is 85.6 Å². The third kappa shape index (κ3) is 3.57. The number of carbonyl (C=O) groups excluding carboxylic acids is 1. The molecule has 1 amide bonds. The van der Waals surface area contributed by atoms with Crippen LogP contribution >= 0.6 is 11.6 Å². The summed E-state index contributed by atoms with van der Waals surface area (Å²) in [5.74, 6) is 0.497. The number of hydrogen-bond acceptors (Lipinski definition) is 5. The molecule has 0 spiro atoms. The van der Waals surface area contributed by atoms with Crippen LogP contribution in [0.15, 0.2) is 55.1 Å². The molecule has 7 nitrogen and oxygen atoms in total. The third-order valence-electron chi connectivity index (χ3n) is 4.37. The summed E-state index contributed by atoms with van der Waals surface area (Å²) in [6.45, 7) is 0.461. The van der Waals surface area contributed by atoms with Gasteiger partial charge in [-0.05, 0) is 18.2 Å². The molecule has 0 atom stereocenters. The standard InChI is InChI=1S/C20H17ClN6O/c1-27-18(15-4-2-3-5-16(15)21)26-17-10-13(11-25-19(17)27)20(28)24-7-6-14-12-22-8-9-23-14/h2-5,8-12H,6-7H2,1H3,(H,24,28). The number of carbonyl (C=O) groups is 1. The van der Waals surface area contributed by atoms with Gasteiger partial charge in [0.15, 0.2) is 5.65 Å². The van der Waals surface area contributed by atoms with E-state index in [-0.39, 0.29) is 5.91 Å².